The molecule has 106 valence electrons. The number of nitrogens with zero attached hydrogens (tertiary/aromatic N) is 2. The van der Waals surface area contributed by atoms with Gasteiger partial charge < -0.3 is 4.90 Å². The molecule has 1 aromatic carbocycles. The van der Waals surface area contributed by atoms with Gasteiger partial charge in [0.2, 0.25) is 0 Å². The topological polar surface area (TPSA) is 16.1 Å². The monoisotopic (exact) mass is 276 g/mol. The van der Waals surface area contributed by atoms with Gasteiger partial charge in [-0.2, -0.15) is 0 Å². The predicted octanol–water partition coefficient (Wildman–Crippen LogP) is 4.25. The van der Waals surface area contributed by atoms with Crippen molar-refractivity contribution in [3.05, 3.63) is 91.3 Å². The molecule has 1 aromatic heterocycles. The average Bonchev–Trinajstić information content (AvgIpc) is 2.54. The van der Waals surface area contributed by atoms with Crippen molar-refractivity contribution in [2.24, 2.45) is 0 Å². The summed E-state index contributed by atoms with van der Waals surface area (Å²) in [7, 11) is 0. The highest BCUT2D eigenvalue weighted by atomic mass is 15.1. The molecule has 21 heavy (non-hydrogen) atoms. The lowest BCUT2D eigenvalue weighted by molar-refractivity contribution is 0.488. The van der Waals surface area contributed by atoms with Crippen molar-refractivity contribution in [2.75, 3.05) is 13.1 Å². The van der Waals surface area contributed by atoms with Crippen LogP contribution < -0.4 is 0 Å². The quantitative estimate of drug-likeness (QED) is 0.703. The second-order valence-electron chi connectivity index (χ2n) is 4.64. The van der Waals surface area contributed by atoms with Crippen molar-refractivity contribution in [3.8, 4) is 0 Å². The summed E-state index contributed by atoms with van der Waals surface area (Å²) in [6.45, 7) is 9.19. The van der Waals surface area contributed by atoms with E-state index < -0.39 is 0 Å². The standard InChI is InChI=1S/C19H20N2/c1-3-14-21(15-4-2)19(18-12-8-9-13-20-18)16-17-10-6-5-7-11-17/h3-13,16H,1-2,14-15H2. The minimum absolute atomic E-state index is 0.751. The Hall–Kier alpha value is -2.61. The maximum Gasteiger partial charge on any atom is 0.0863 e. The molecule has 2 aromatic rings. The molecule has 0 aliphatic rings. The highest BCUT2D eigenvalue weighted by Crippen LogP contribution is 2.20. The smallest absolute Gasteiger partial charge is 0.0863 e. The molecule has 0 saturated carbocycles. The molecule has 0 fully saturated rings. The summed E-state index contributed by atoms with van der Waals surface area (Å²) >= 11 is 0. The molecule has 0 unspecified atom stereocenters. The van der Waals surface area contributed by atoms with Crippen LogP contribution in [0.5, 0.6) is 0 Å². The third-order valence-electron chi connectivity index (χ3n) is 3.07. The van der Waals surface area contributed by atoms with E-state index in [-0.39, 0.29) is 0 Å². The Morgan fingerprint density at radius 3 is 2.19 bits per heavy atom. The number of benzene rings is 1. The van der Waals surface area contributed by atoms with Gasteiger partial charge in [-0.3, -0.25) is 4.98 Å². The van der Waals surface area contributed by atoms with Crippen LogP contribution in [0.3, 0.4) is 0 Å². The van der Waals surface area contributed by atoms with Gasteiger partial charge >= 0.3 is 0 Å². The van der Waals surface area contributed by atoms with Crippen molar-refractivity contribution < 1.29 is 0 Å². The minimum Gasteiger partial charge on any atom is -0.362 e. The van der Waals surface area contributed by atoms with Crippen LogP contribution in [0.25, 0.3) is 11.8 Å². The van der Waals surface area contributed by atoms with Crippen LogP contribution in [0.4, 0.5) is 0 Å². The van der Waals surface area contributed by atoms with Crippen molar-refractivity contribution in [1.29, 1.82) is 0 Å². The Balaban J connectivity index is 2.45. The van der Waals surface area contributed by atoms with E-state index in [1.807, 2.05) is 54.7 Å². The van der Waals surface area contributed by atoms with Crippen LogP contribution in [-0.4, -0.2) is 23.0 Å². The molecule has 2 heteroatoms. The van der Waals surface area contributed by atoms with E-state index in [1.165, 1.54) is 0 Å². The fourth-order valence-corrected chi connectivity index (χ4v) is 2.13. The SMILES string of the molecule is C=CCN(CC=C)C(=Cc1ccccc1)c1ccccn1. The van der Waals surface area contributed by atoms with E-state index >= 15 is 0 Å². The molecule has 0 saturated heterocycles. The van der Waals surface area contributed by atoms with Gasteiger partial charge in [-0.15, -0.1) is 13.2 Å². The average molecular weight is 276 g/mol. The van der Waals surface area contributed by atoms with Crippen molar-refractivity contribution >= 4 is 11.8 Å². The zero-order chi connectivity index (χ0) is 14.9. The molecule has 0 spiro atoms. The van der Waals surface area contributed by atoms with E-state index in [1.54, 1.807) is 0 Å². The number of hydrogen-bond donors (Lipinski definition) is 0. The van der Waals surface area contributed by atoms with Gasteiger partial charge in [-0.05, 0) is 23.8 Å². The first kappa shape index (κ1) is 14.8. The largest absolute Gasteiger partial charge is 0.362 e. The normalized spacial score (nSPS) is 11.0. The molecule has 0 radical (unpaired) electrons. The molecular formula is C19H20N2. The molecule has 0 bridgehead atoms. The predicted molar refractivity (Wildman–Crippen MR) is 90.5 cm³/mol. The maximum absolute atomic E-state index is 4.48. The zero-order valence-corrected chi connectivity index (χ0v) is 12.2. The Labute approximate surface area is 126 Å². The summed E-state index contributed by atoms with van der Waals surface area (Å²) in [5, 5.41) is 0. The second-order valence-corrected chi connectivity index (χ2v) is 4.64. The highest BCUT2D eigenvalue weighted by Gasteiger charge is 2.10. The van der Waals surface area contributed by atoms with E-state index in [2.05, 4.69) is 41.3 Å². The summed E-state index contributed by atoms with van der Waals surface area (Å²) in [4.78, 5) is 6.69. The highest BCUT2D eigenvalue weighted by molar-refractivity contribution is 5.78. The summed E-state index contributed by atoms with van der Waals surface area (Å²) in [6.07, 6.45) is 7.75. The van der Waals surface area contributed by atoms with E-state index in [0.29, 0.717) is 0 Å². The molecule has 0 aliphatic heterocycles. The summed E-state index contributed by atoms with van der Waals surface area (Å²) in [5.74, 6) is 0. The van der Waals surface area contributed by atoms with Crippen LogP contribution >= 0.6 is 0 Å². The number of rotatable bonds is 7. The summed E-state index contributed by atoms with van der Waals surface area (Å²) in [6, 6.07) is 16.2. The first-order valence-corrected chi connectivity index (χ1v) is 7.00. The molecule has 2 rings (SSSR count). The Morgan fingerprint density at radius 2 is 1.62 bits per heavy atom. The van der Waals surface area contributed by atoms with Gasteiger partial charge in [0.05, 0.1) is 11.4 Å². The maximum atomic E-state index is 4.48. The third kappa shape index (κ3) is 4.18. The van der Waals surface area contributed by atoms with Crippen LogP contribution in [0.15, 0.2) is 80.0 Å². The van der Waals surface area contributed by atoms with Gasteiger partial charge in [-0.25, -0.2) is 0 Å². The van der Waals surface area contributed by atoms with Gasteiger partial charge in [-0.1, -0.05) is 48.6 Å². The van der Waals surface area contributed by atoms with E-state index in [0.717, 1.165) is 30.0 Å². The molecule has 0 atom stereocenters. The molecular weight excluding hydrogens is 256 g/mol. The molecule has 0 aliphatic carbocycles. The van der Waals surface area contributed by atoms with E-state index in [4.69, 9.17) is 0 Å². The molecule has 1 heterocycles. The first-order chi connectivity index (χ1) is 10.3. The van der Waals surface area contributed by atoms with Crippen LogP contribution in [0.1, 0.15) is 11.3 Å². The minimum atomic E-state index is 0.751. The summed E-state index contributed by atoms with van der Waals surface area (Å²) < 4.78 is 0. The van der Waals surface area contributed by atoms with Gasteiger partial charge in [0.15, 0.2) is 0 Å². The summed E-state index contributed by atoms with van der Waals surface area (Å²) in [5.41, 5.74) is 3.17. The lowest BCUT2D eigenvalue weighted by Gasteiger charge is -2.24. The number of hydrogen-bond acceptors (Lipinski definition) is 2. The van der Waals surface area contributed by atoms with Gasteiger partial charge in [0, 0.05) is 19.3 Å². The zero-order valence-electron chi connectivity index (χ0n) is 12.2. The van der Waals surface area contributed by atoms with Crippen molar-refractivity contribution in [3.63, 3.8) is 0 Å². The van der Waals surface area contributed by atoms with Crippen LogP contribution in [-0.2, 0) is 0 Å². The third-order valence-corrected chi connectivity index (χ3v) is 3.07. The lowest BCUT2D eigenvalue weighted by atomic mass is 10.1. The fourth-order valence-electron chi connectivity index (χ4n) is 2.13. The second kappa shape index (κ2) is 7.85. The van der Waals surface area contributed by atoms with E-state index in [9.17, 15) is 0 Å². The Bertz CT molecular complexity index is 590. The lowest BCUT2D eigenvalue weighted by Crippen LogP contribution is -2.22. The first-order valence-electron chi connectivity index (χ1n) is 7.00. The molecule has 2 nitrogen and oxygen atoms in total. The van der Waals surface area contributed by atoms with Crippen molar-refractivity contribution in [1.82, 2.24) is 9.88 Å². The van der Waals surface area contributed by atoms with Gasteiger partial charge in [0.1, 0.15) is 0 Å². The molecule has 0 amide bonds. The van der Waals surface area contributed by atoms with Crippen LogP contribution in [0, 0.1) is 0 Å². The Morgan fingerprint density at radius 1 is 0.952 bits per heavy atom. The number of pyridine rings is 1. The van der Waals surface area contributed by atoms with Gasteiger partial charge in [0.25, 0.3) is 0 Å². The fraction of sp³-hybridized carbons (Fsp3) is 0.105. The van der Waals surface area contributed by atoms with Crippen LogP contribution in [0.2, 0.25) is 0 Å². The number of aromatic nitrogens is 1. The molecule has 0 N–H and O–H groups in total. The van der Waals surface area contributed by atoms with Crippen molar-refractivity contribution in [2.45, 2.75) is 0 Å². The Kier molecular flexibility index (Phi) is 5.53.